The predicted octanol–water partition coefficient (Wildman–Crippen LogP) is 4.63. The number of amides is 2. The number of thioether (sulfide) groups is 1. The van der Waals surface area contributed by atoms with Crippen LogP contribution in [0.3, 0.4) is 0 Å². The maximum atomic E-state index is 13.2. The van der Waals surface area contributed by atoms with Gasteiger partial charge < -0.3 is 19.7 Å². The van der Waals surface area contributed by atoms with Gasteiger partial charge in [0.2, 0.25) is 11.8 Å². The van der Waals surface area contributed by atoms with Crippen LogP contribution in [0.5, 0.6) is 11.5 Å². The smallest absolute Gasteiger partial charge is 0.240 e. The molecule has 34 heavy (non-hydrogen) atoms. The fourth-order valence-electron chi connectivity index (χ4n) is 3.99. The van der Waals surface area contributed by atoms with Crippen molar-refractivity contribution in [2.45, 2.75) is 23.0 Å². The Morgan fingerprint density at radius 2 is 1.74 bits per heavy atom. The summed E-state index contributed by atoms with van der Waals surface area (Å²) in [5.41, 5.74) is 2.92. The van der Waals surface area contributed by atoms with E-state index >= 15 is 0 Å². The van der Waals surface area contributed by atoms with Crippen molar-refractivity contribution < 1.29 is 19.1 Å². The Morgan fingerprint density at radius 3 is 2.50 bits per heavy atom. The van der Waals surface area contributed by atoms with Crippen LogP contribution in [-0.4, -0.2) is 39.1 Å². The number of ether oxygens (including phenoxy) is 2. The molecule has 1 atom stereocenters. The van der Waals surface area contributed by atoms with Crippen molar-refractivity contribution in [3.8, 4) is 11.5 Å². The first kappa shape index (κ1) is 23.7. The fourth-order valence-corrected chi connectivity index (χ4v) is 5.27. The maximum Gasteiger partial charge on any atom is 0.240 e. The van der Waals surface area contributed by atoms with Gasteiger partial charge in [0.25, 0.3) is 0 Å². The van der Waals surface area contributed by atoms with E-state index in [1.807, 2.05) is 72.8 Å². The third-order valence-electron chi connectivity index (χ3n) is 5.74. The zero-order valence-corrected chi connectivity index (χ0v) is 20.1. The monoisotopic (exact) mass is 476 g/mol. The van der Waals surface area contributed by atoms with Crippen molar-refractivity contribution in [3.05, 3.63) is 83.9 Å². The van der Waals surface area contributed by atoms with Crippen LogP contribution in [0.1, 0.15) is 22.8 Å². The van der Waals surface area contributed by atoms with Gasteiger partial charge in [0, 0.05) is 23.1 Å². The van der Waals surface area contributed by atoms with Crippen molar-refractivity contribution in [3.63, 3.8) is 0 Å². The summed E-state index contributed by atoms with van der Waals surface area (Å²) in [6.45, 7) is 0.448. The van der Waals surface area contributed by atoms with E-state index in [9.17, 15) is 9.59 Å². The van der Waals surface area contributed by atoms with Crippen LogP contribution in [0.15, 0.2) is 77.7 Å². The third-order valence-corrected chi connectivity index (χ3v) is 7.07. The van der Waals surface area contributed by atoms with E-state index in [-0.39, 0.29) is 23.6 Å². The summed E-state index contributed by atoms with van der Waals surface area (Å²) in [6.07, 6.45) is 0.977. The summed E-state index contributed by atoms with van der Waals surface area (Å²) in [6, 6.07) is 23.5. The minimum Gasteiger partial charge on any atom is -0.493 e. The van der Waals surface area contributed by atoms with E-state index in [2.05, 4.69) is 5.32 Å². The lowest BCUT2D eigenvalue weighted by Crippen LogP contribution is -2.41. The number of methoxy groups -OCH3 is 2. The number of fused-ring (bicyclic) bond motifs is 1. The standard InChI is InChI=1S/C27H28N2O4S/c1-32-22-13-12-19(16-23(22)33-2)14-15-28-26(30)18-29-21-10-6-7-11-24(21)34-25(17-27(29)31)20-8-4-3-5-9-20/h3-13,16,25H,14-15,17-18H2,1-2H3,(H,28,30)/t25-/m0/s1. The molecule has 0 aromatic heterocycles. The molecule has 1 aliphatic heterocycles. The van der Waals surface area contributed by atoms with Crippen LogP contribution >= 0.6 is 11.8 Å². The fraction of sp³-hybridized carbons (Fsp3) is 0.259. The summed E-state index contributed by atoms with van der Waals surface area (Å²) in [5, 5.41) is 2.95. The molecule has 2 amide bonds. The number of benzene rings is 3. The summed E-state index contributed by atoms with van der Waals surface area (Å²) in [4.78, 5) is 28.6. The highest BCUT2D eigenvalue weighted by Gasteiger charge is 2.30. The molecule has 176 valence electrons. The van der Waals surface area contributed by atoms with E-state index in [4.69, 9.17) is 9.47 Å². The van der Waals surface area contributed by atoms with Crippen molar-refractivity contribution in [2.24, 2.45) is 0 Å². The Bertz CT molecular complexity index is 1150. The predicted molar refractivity (Wildman–Crippen MR) is 135 cm³/mol. The molecular weight excluding hydrogens is 448 g/mol. The van der Waals surface area contributed by atoms with E-state index in [1.54, 1.807) is 30.9 Å². The zero-order chi connectivity index (χ0) is 23.9. The largest absolute Gasteiger partial charge is 0.493 e. The molecule has 3 aromatic rings. The Labute approximate surface area is 204 Å². The van der Waals surface area contributed by atoms with Crippen LogP contribution < -0.4 is 19.7 Å². The zero-order valence-electron chi connectivity index (χ0n) is 19.3. The molecule has 0 fully saturated rings. The van der Waals surface area contributed by atoms with Gasteiger partial charge in [0.1, 0.15) is 6.54 Å². The molecule has 0 radical (unpaired) electrons. The maximum absolute atomic E-state index is 13.2. The lowest BCUT2D eigenvalue weighted by Gasteiger charge is -2.22. The molecule has 0 aliphatic carbocycles. The molecule has 0 saturated heterocycles. The van der Waals surface area contributed by atoms with Gasteiger partial charge in [-0.2, -0.15) is 0 Å². The van der Waals surface area contributed by atoms with Crippen LogP contribution in [0.2, 0.25) is 0 Å². The van der Waals surface area contributed by atoms with E-state index in [1.165, 1.54) is 0 Å². The van der Waals surface area contributed by atoms with Gasteiger partial charge in [-0.25, -0.2) is 0 Å². The van der Waals surface area contributed by atoms with Crippen LogP contribution in [0.4, 0.5) is 5.69 Å². The first-order chi connectivity index (χ1) is 16.6. The second kappa shape index (κ2) is 11.1. The second-order valence-electron chi connectivity index (χ2n) is 7.96. The topological polar surface area (TPSA) is 67.9 Å². The first-order valence-corrected chi connectivity index (χ1v) is 12.1. The minimum absolute atomic E-state index is 0.00737. The SMILES string of the molecule is COc1ccc(CCNC(=O)CN2C(=O)C[C@@H](c3ccccc3)Sc3ccccc32)cc1OC. The number of carbonyl (C=O) groups excluding carboxylic acids is 2. The van der Waals surface area contributed by atoms with Crippen molar-refractivity contribution in [1.29, 1.82) is 0 Å². The molecule has 1 N–H and O–H groups in total. The third kappa shape index (κ3) is 5.54. The first-order valence-electron chi connectivity index (χ1n) is 11.2. The molecular formula is C27H28N2O4S. The van der Waals surface area contributed by atoms with Gasteiger partial charge in [-0.15, -0.1) is 11.8 Å². The number of nitrogens with zero attached hydrogens (tertiary/aromatic N) is 1. The summed E-state index contributed by atoms with van der Waals surface area (Å²) in [5.74, 6) is 1.08. The molecule has 4 rings (SSSR count). The molecule has 3 aromatic carbocycles. The number of nitrogens with one attached hydrogen (secondary N) is 1. The average molecular weight is 477 g/mol. The Kier molecular flexibility index (Phi) is 7.75. The molecule has 7 heteroatoms. The van der Waals surface area contributed by atoms with Gasteiger partial charge in [-0.1, -0.05) is 48.5 Å². The molecule has 1 heterocycles. The Balaban J connectivity index is 1.41. The highest BCUT2D eigenvalue weighted by molar-refractivity contribution is 7.99. The molecule has 0 bridgehead atoms. The van der Waals surface area contributed by atoms with Crippen molar-refractivity contribution in [1.82, 2.24) is 5.32 Å². The molecule has 0 unspecified atom stereocenters. The van der Waals surface area contributed by atoms with Gasteiger partial charge in [-0.05, 0) is 41.8 Å². The second-order valence-corrected chi connectivity index (χ2v) is 9.20. The van der Waals surface area contributed by atoms with Crippen LogP contribution in [0, 0.1) is 0 Å². The lowest BCUT2D eigenvalue weighted by atomic mass is 10.1. The highest BCUT2D eigenvalue weighted by atomic mass is 32.2. The summed E-state index contributed by atoms with van der Waals surface area (Å²) in [7, 11) is 3.20. The molecule has 0 spiro atoms. The number of anilines is 1. The van der Waals surface area contributed by atoms with Crippen LogP contribution in [-0.2, 0) is 16.0 Å². The van der Waals surface area contributed by atoms with Crippen molar-refractivity contribution >= 4 is 29.3 Å². The molecule has 1 aliphatic rings. The van der Waals surface area contributed by atoms with E-state index in [0.29, 0.717) is 30.9 Å². The quantitative estimate of drug-likeness (QED) is 0.513. The minimum atomic E-state index is -0.188. The average Bonchev–Trinajstić information content (AvgIpc) is 3.01. The number of hydrogen-bond acceptors (Lipinski definition) is 5. The summed E-state index contributed by atoms with van der Waals surface area (Å²) >= 11 is 1.67. The molecule has 6 nitrogen and oxygen atoms in total. The lowest BCUT2D eigenvalue weighted by molar-refractivity contribution is -0.123. The number of rotatable bonds is 8. The van der Waals surface area contributed by atoms with Gasteiger partial charge in [0.05, 0.1) is 19.9 Å². The Morgan fingerprint density at radius 1 is 1.00 bits per heavy atom. The van der Waals surface area contributed by atoms with E-state index < -0.39 is 0 Å². The molecule has 0 saturated carbocycles. The van der Waals surface area contributed by atoms with Gasteiger partial charge in [0.15, 0.2) is 11.5 Å². The van der Waals surface area contributed by atoms with Gasteiger partial charge >= 0.3 is 0 Å². The number of hydrogen-bond donors (Lipinski definition) is 1. The van der Waals surface area contributed by atoms with E-state index in [0.717, 1.165) is 21.7 Å². The number of carbonyl (C=O) groups is 2. The Hall–Kier alpha value is -3.45. The highest BCUT2D eigenvalue weighted by Crippen LogP contribution is 2.45. The van der Waals surface area contributed by atoms with Gasteiger partial charge in [-0.3, -0.25) is 9.59 Å². The normalized spacial score (nSPS) is 15.3. The number of para-hydroxylation sites is 1. The van der Waals surface area contributed by atoms with Crippen LogP contribution in [0.25, 0.3) is 0 Å². The van der Waals surface area contributed by atoms with Crippen molar-refractivity contribution in [2.75, 3.05) is 32.2 Å². The summed E-state index contributed by atoms with van der Waals surface area (Å²) < 4.78 is 10.6.